The predicted octanol–water partition coefficient (Wildman–Crippen LogP) is 1.39. The summed E-state index contributed by atoms with van der Waals surface area (Å²) in [5.41, 5.74) is 0. The van der Waals surface area contributed by atoms with Crippen LogP contribution >= 0.6 is 11.3 Å². The molecule has 0 saturated carbocycles. The first-order valence-corrected chi connectivity index (χ1v) is 4.30. The van der Waals surface area contributed by atoms with Crippen molar-refractivity contribution >= 4 is 17.3 Å². The lowest BCUT2D eigenvalue weighted by atomic mass is 10.4. The second-order valence-electron chi connectivity index (χ2n) is 2.34. The number of rotatable bonds is 3. The minimum atomic E-state index is -1.05. The van der Waals surface area contributed by atoms with Crippen LogP contribution in [0.4, 0.5) is 0 Å². The van der Waals surface area contributed by atoms with Gasteiger partial charge in [-0.3, -0.25) is 0 Å². The van der Waals surface area contributed by atoms with Gasteiger partial charge in [-0.25, -0.2) is 4.79 Å². The molecule has 0 atom stereocenters. The summed E-state index contributed by atoms with van der Waals surface area (Å²) in [6, 6.07) is 3.60. The van der Waals surface area contributed by atoms with Crippen LogP contribution in [0.5, 0.6) is 5.75 Å². The monoisotopic (exact) mass is 197 g/mol. The SMILES string of the molecule is Cc1cc(OCC(=O)O)c(C#N)s1. The number of carbonyl (C=O) groups is 1. The van der Waals surface area contributed by atoms with Crippen molar-refractivity contribution in [3.63, 3.8) is 0 Å². The van der Waals surface area contributed by atoms with Gasteiger partial charge in [0.2, 0.25) is 0 Å². The van der Waals surface area contributed by atoms with Crippen molar-refractivity contribution in [1.29, 1.82) is 5.26 Å². The zero-order valence-corrected chi connectivity index (χ0v) is 7.72. The number of aliphatic carboxylic acids is 1. The van der Waals surface area contributed by atoms with E-state index in [1.165, 1.54) is 11.3 Å². The van der Waals surface area contributed by atoms with Gasteiger partial charge in [0, 0.05) is 4.88 Å². The third-order valence-electron chi connectivity index (χ3n) is 1.27. The van der Waals surface area contributed by atoms with Gasteiger partial charge in [-0.05, 0) is 13.0 Å². The standard InChI is InChI=1S/C8H7NO3S/c1-5-2-6(7(3-9)13-5)12-4-8(10)11/h2H,4H2,1H3,(H,10,11). The Morgan fingerprint density at radius 1 is 1.85 bits per heavy atom. The van der Waals surface area contributed by atoms with Crippen molar-refractivity contribution < 1.29 is 14.6 Å². The van der Waals surface area contributed by atoms with E-state index in [9.17, 15) is 4.79 Å². The Morgan fingerprint density at radius 2 is 2.54 bits per heavy atom. The lowest BCUT2D eigenvalue weighted by Crippen LogP contribution is -2.09. The summed E-state index contributed by atoms with van der Waals surface area (Å²) in [7, 11) is 0. The molecule has 1 N–H and O–H groups in total. The summed E-state index contributed by atoms with van der Waals surface area (Å²) in [5, 5.41) is 17.0. The van der Waals surface area contributed by atoms with Crippen LogP contribution in [0, 0.1) is 18.3 Å². The molecule has 1 heterocycles. The molecule has 0 aromatic carbocycles. The molecule has 5 heteroatoms. The topological polar surface area (TPSA) is 70.3 Å². The number of nitrogens with zero attached hydrogens (tertiary/aromatic N) is 1. The first-order valence-electron chi connectivity index (χ1n) is 3.48. The Kier molecular flexibility index (Phi) is 2.88. The summed E-state index contributed by atoms with van der Waals surface area (Å²) in [4.78, 5) is 11.5. The Hall–Kier alpha value is -1.54. The number of hydrogen-bond donors (Lipinski definition) is 1. The van der Waals surface area contributed by atoms with E-state index in [2.05, 4.69) is 0 Å². The van der Waals surface area contributed by atoms with Crippen LogP contribution in [0.15, 0.2) is 6.07 Å². The molecule has 0 spiro atoms. The summed E-state index contributed by atoms with van der Waals surface area (Å²) in [6.07, 6.45) is 0. The summed E-state index contributed by atoms with van der Waals surface area (Å²) in [6.45, 7) is 1.42. The number of thiophene rings is 1. The van der Waals surface area contributed by atoms with Crippen LogP contribution in [0.3, 0.4) is 0 Å². The molecule has 0 aliphatic rings. The fourth-order valence-corrected chi connectivity index (χ4v) is 1.57. The molecule has 0 aliphatic carbocycles. The Balaban J connectivity index is 2.76. The molecule has 1 rings (SSSR count). The van der Waals surface area contributed by atoms with E-state index in [-0.39, 0.29) is 0 Å². The molecule has 0 unspecified atom stereocenters. The Labute approximate surface area is 79.0 Å². The number of aryl methyl sites for hydroxylation is 1. The van der Waals surface area contributed by atoms with Crippen LogP contribution in [0.1, 0.15) is 9.75 Å². The number of hydrogen-bond acceptors (Lipinski definition) is 4. The Bertz CT molecular complexity index is 364. The van der Waals surface area contributed by atoms with E-state index in [4.69, 9.17) is 15.1 Å². The number of ether oxygens (including phenoxy) is 1. The van der Waals surface area contributed by atoms with E-state index in [0.717, 1.165) is 4.88 Å². The Morgan fingerprint density at radius 3 is 3.08 bits per heavy atom. The molecule has 0 radical (unpaired) electrons. The minimum Gasteiger partial charge on any atom is -0.480 e. The number of nitriles is 1. The fraction of sp³-hybridized carbons (Fsp3) is 0.250. The van der Waals surface area contributed by atoms with Gasteiger partial charge in [0.25, 0.3) is 0 Å². The molecule has 0 bridgehead atoms. The summed E-state index contributed by atoms with van der Waals surface area (Å²) >= 11 is 1.29. The van der Waals surface area contributed by atoms with Crippen molar-refractivity contribution in [2.24, 2.45) is 0 Å². The van der Waals surface area contributed by atoms with E-state index in [1.54, 1.807) is 6.07 Å². The van der Waals surface area contributed by atoms with Gasteiger partial charge in [0.05, 0.1) is 0 Å². The van der Waals surface area contributed by atoms with Gasteiger partial charge >= 0.3 is 5.97 Å². The quantitative estimate of drug-likeness (QED) is 0.794. The first-order chi connectivity index (χ1) is 6.13. The van der Waals surface area contributed by atoms with Crippen molar-refractivity contribution in [3.05, 3.63) is 15.8 Å². The first kappa shape index (κ1) is 9.55. The molecule has 0 amide bonds. The van der Waals surface area contributed by atoms with Gasteiger partial charge in [-0.2, -0.15) is 5.26 Å². The predicted molar refractivity (Wildman–Crippen MR) is 46.9 cm³/mol. The summed E-state index contributed by atoms with van der Waals surface area (Å²) < 4.78 is 4.90. The second-order valence-corrected chi connectivity index (χ2v) is 3.60. The molecule has 0 fully saturated rings. The van der Waals surface area contributed by atoms with E-state index in [1.807, 2.05) is 13.0 Å². The van der Waals surface area contributed by atoms with Crippen molar-refractivity contribution in [3.8, 4) is 11.8 Å². The maximum Gasteiger partial charge on any atom is 0.341 e. The zero-order chi connectivity index (χ0) is 9.84. The van der Waals surface area contributed by atoms with Crippen molar-refractivity contribution in [2.45, 2.75) is 6.92 Å². The number of carboxylic acid groups (broad SMARTS) is 1. The molecular formula is C8H7NO3S. The molecule has 4 nitrogen and oxygen atoms in total. The highest BCUT2D eigenvalue weighted by Gasteiger charge is 2.08. The fourth-order valence-electron chi connectivity index (χ4n) is 0.816. The molecule has 0 saturated heterocycles. The lowest BCUT2D eigenvalue weighted by molar-refractivity contribution is -0.139. The summed E-state index contributed by atoms with van der Waals surface area (Å²) in [5.74, 6) is -0.694. The van der Waals surface area contributed by atoms with Crippen LogP contribution in [-0.2, 0) is 4.79 Å². The molecule has 1 aromatic rings. The van der Waals surface area contributed by atoms with Gasteiger partial charge in [-0.1, -0.05) is 0 Å². The third kappa shape index (κ3) is 2.46. The van der Waals surface area contributed by atoms with Crippen LogP contribution in [0.2, 0.25) is 0 Å². The highest BCUT2D eigenvalue weighted by Crippen LogP contribution is 2.27. The van der Waals surface area contributed by atoms with Crippen molar-refractivity contribution in [2.75, 3.05) is 6.61 Å². The smallest absolute Gasteiger partial charge is 0.341 e. The molecule has 0 aliphatic heterocycles. The lowest BCUT2D eigenvalue weighted by Gasteiger charge is -1.98. The van der Waals surface area contributed by atoms with Gasteiger partial charge in [0.1, 0.15) is 16.7 Å². The van der Waals surface area contributed by atoms with Crippen LogP contribution in [-0.4, -0.2) is 17.7 Å². The largest absolute Gasteiger partial charge is 0.480 e. The maximum atomic E-state index is 10.2. The normalized spacial score (nSPS) is 9.23. The average molecular weight is 197 g/mol. The van der Waals surface area contributed by atoms with Gasteiger partial charge < -0.3 is 9.84 Å². The van der Waals surface area contributed by atoms with Crippen LogP contribution < -0.4 is 4.74 Å². The van der Waals surface area contributed by atoms with E-state index >= 15 is 0 Å². The van der Waals surface area contributed by atoms with Crippen LogP contribution in [0.25, 0.3) is 0 Å². The minimum absolute atomic E-state index is 0.354. The van der Waals surface area contributed by atoms with E-state index in [0.29, 0.717) is 10.6 Å². The average Bonchev–Trinajstić information content (AvgIpc) is 2.42. The van der Waals surface area contributed by atoms with Crippen molar-refractivity contribution in [1.82, 2.24) is 0 Å². The van der Waals surface area contributed by atoms with Gasteiger partial charge in [-0.15, -0.1) is 11.3 Å². The number of carboxylic acids is 1. The van der Waals surface area contributed by atoms with E-state index < -0.39 is 12.6 Å². The molecule has 1 aromatic heterocycles. The maximum absolute atomic E-state index is 10.2. The highest BCUT2D eigenvalue weighted by molar-refractivity contribution is 7.12. The second kappa shape index (κ2) is 3.92. The van der Waals surface area contributed by atoms with Gasteiger partial charge in [0.15, 0.2) is 6.61 Å². The molecule has 68 valence electrons. The molecular weight excluding hydrogens is 190 g/mol. The zero-order valence-electron chi connectivity index (χ0n) is 6.90. The molecule has 13 heavy (non-hydrogen) atoms. The third-order valence-corrected chi connectivity index (χ3v) is 2.21. The highest BCUT2D eigenvalue weighted by atomic mass is 32.1.